The van der Waals surface area contributed by atoms with Gasteiger partial charge in [-0.2, -0.15) is 0 Å². The van der Waals surface area contributed by atoms with Gasteiger partial charge in [0.2, 0.25) is 0 Å². The number of ether oxygens (including phenoxy) is 2. The first-order chi connectivity index (χ1) is 7.79. The molecule has 86 valence electrons. The molecule has 1 unspecified atom stereocenters. The number of rotatable bonds is 2. The van der Waals surface area contributed by atoms with E-state index in [2.05, 4.69) is 10.6 Å². The van der Waals surface area contributed by atoms with E-state index in [1.54, 1.807) is 7.05 Å². The molecule has 4 nitrogen and oxygen atoms in total. The largest absolute Gasteiger partial charge is 0.486 e. The molecule has 1 aromatic carbocycles. The Morgan fingerprint density at radius 2 is 2.19 bits per heavy atom. The van der Waals surface area contributed by atoms with Crippen LogP contribution >= 0.6 is 12.2 Å². The van der Waals surface area contributed by atoms with E-state index in [0.29, 0.717) is 18.3 Å². The molecule has 2 N–H and O–H groups in total. The zero-order valence-electron chi connectivity index (χ0n) is 9.03. The summed E-state index contributed by atoms with van der Waals surface area (Å²) in [5.74, 6) is 1.59. The normalized spacial score (nSPS) is 17.7. The summed E-state index contributed by atoms with van der Waals surface area (Å²) in [5, 5.41) is 6.51. The van der Waals surface area contributed by atoms with Crippen LogP contribution in [0.1, 0.15) is 0 Å². The molecule has 0 aromatic heterocycles. The number of para-hydroxylation sites is 2. The molecule has 1 atom stereocenters. The van der Waals surface area contributed by atoms with Crippen molar-refractivity contribution in [2.45, 2.75) is 6.10 Å². The third-order valence-electron chi connectivity index (χ3n) is 2.28. The molecule has 1 aliphatic heterocycles. The smallest absolute Gasteiger partial charge is 0.166 e. The van der Waals surface area contributed by atoms with E-state index in [9.17, 15) is 0 Å². The van der Waals surface area contributed by atoms with Gasteiger partial charge in [-0.3, -0.25) is 0 Å². The Morgan fingerprint density at radius 3 is 2.94 bits per heavy atom. The molecule has 0 spiro atoms. The Balaban J connectivity index is 1.90. The van der Waals surface area contributed by atoms with Crippen LogP contribution in [0, 0.1) is 0 Å². The van der Waals surface area contributed by atoms with Crippen LogP contribution < -0.4 is 20.1 Å². The van der Waals surface area contributed by atoms with E-state index >= 15 is 0 Å². The SMILES string of the molecule is CNC(=S)NCC1COc2ccccc2O1. The van der Waals surface area contributed by atoms with Gasteiger partial charge in [-0.15, -0.1) is 0 Å². The van der Waals surface area contributed by atoms with E-state index in [4.69, 9.17) is 21.7 Å². The van der Waals surface area contributed by atoms with Gasteiger partial charge in [-0.05, 0) is 24.4 Å². The fourth-order valence-electron chi connectivity index (χ4n) is 1.46. The molecule has 0 bridgehead atoms. The molecular weight excluding hydrogens is 224 g/mol. The monoisotopic (exact) mass is 238 g/mol. The first kappa shape index (κ1) is 11.0. The first-order valence-corrected chi connectivity index (χ1v) is 5.54. The summed E-state index contributed by atoms with van der Waals surface area (Å²) < 4.78 is 11.3. The lowest BCUT2D eigenvalue weighted by molar-refractivity contribution is 0.0937. The minimum Gasteiger partial charge on any atom is -0.486 e. The van der Waals surface area contributed by atoms with Crippen molar-refractivity contribution in [3.63, 3.8) is 0 Å². The lowest BCUT2D eigenvalue weighted by Crippen LogP contribution is -2.43. The molecule has 1 aliphatic rings. The van der Waals surface area contributed by atoms with Gasteiger partial charge in [0.15, 0.2) is 16.6 Å². The minimum absolute atomic E-state index is 0.0128. The van der Waals surface area contributed by atoms with Crippen LogP contribution in [0.2, 0.25) is 0 Å². The van der Waals surface area contributed by atoms with Gasteiger partial charge in [-0.1, -0.05) is 12.1 Å². The Morgan fingerprint density at radius 1 is 1.44 bits per heavy atom. The maximum absolute atomic E-state index is 5.75. The highest BCUT2D eigenvalue weighted by Crippen LogP contribution is 2.30. The van der Waals surface area contributed by atoms with Crippen LogP contribution in [0.4, 0.5) is 0 Å². The van der Waals surface area contributed by atoms with Gasteiger partial charge < -0.3 is 20.1 Å². The summed E-state index contributed by atoms with van der Waals surface area (Å²) in [7, 11) is 1.78. The molecule has 0 saturated carbocycles. The summed E-state index contributed by atoms with van der Waals surface area (Å²) in [6.07, 6.45) is -0.0128. The molecule has 1 aromatic rings. The Labute approximate surface area is 99.9 Å². The second-order valence-corrected chi connectivity index (χ2v) is 3.87. The number of hydrogen-bond acceptors (Lipinski definition) is 3. The zero-order valence-corrected chi connectivity index (χ0v) is 9.84. The maximum Gasteiger partial charge on any atom is 0.166 e. The van der Waals surface area contributed by atoms with Crippen molar-refractivity contribution in [1.29, 1.82) is 0 Å². The third-order valence-corrected chi connectivity index (χ3v) is 2.63. The predicted octanol–water partition coefficient (Wildman–Crippen LogP) is 0.920. The van der Waals surface area contributed by atoms with E-state index < -0.39 is 0 Å². The second kappa shape index (κ2) is 5.03. The minimum atomic E-state index is -0.0128. The number of benzene rings is 1. The van der Waals surface area contributed by atoms with Crippen LogP contribution in [0.5, 0.6) is 11.5 Å². The summed E-state index contributed by atoms with van der Waals surface area (Å²) in [6, 6.07) is 7.65. The molecule has 0 amide bonds. The van der Waals surface area contributed by atoms with Crippen molar-refractivity contribution >= 4 is 17.3 Å². The number of hydrogen-bond donors (Lipinski definition) is 2. The van der Waals surface area contributed by atoms with E-state index in [1.807, 2.05) is 24.3 Å². The van der Waals surface area contributed by atoms with Crippen molar-refractivity contribution in [2.75, 3.05) is 20.2 Å². The van der Waals surface area contributed by atoms with Gasteiger partial charge in [0.05, 0.1) is 6.54 Å². The average molecular weight is 238 g/mol. The fraction of sp³-hybridized carbons (Fsp3) is 0.364. The maximum atomic E-state index is 5.75. The van der Waals surface area contributed by atoms with Crippen molar-refractivity contribution in [1.82, 2.24) is 10.6 Å². The van der Waals surface area contributed by atoms with Crippen LogP contribution in [-0.2, 0) is 0 Å². The van der Waals surface area contributed by atoms with Crippen LogP contribution in [0.25, 0.3) is 0 Å². The molecule has 0 radical (unpaired) electrons. The average Bonchev–Trinajstić information content (AvgIpc) is 2.35. The summed E-state index contributed by atoms with van der Waals surface area (Å²) in [4.78, 5) is 0. The summed E-state index contributed by atoms with van der Waals surface area (Å²) >= 11 is 4.98. The highest BCUT2D eigenvalue weighted by molar-refractivity contribution is 7.80. The third kappa shape index (κ3) is 2.55. The standard InChI is InChI=1S/C11H14N2O2S/c1-12-11(16)13-6-8-7-14-9-4-2-3-5-10(9)15-8/h2-5,8H,6-7H2,1H3,(H2,12,13,16). The van der Waals surface area contributed by atoms with Gasteiger partial charge in [-0.25, -0.2) is 0 Å². The van der Waals surface area contributed by atoms with Gasteiger partial charge >= 0.3 is 0 Å². The number of nitrogens with one attached hydrogen (secondary N) is 2. The first-order valence-electron chi connectivity index (χ1n) is 5.13. The molecular formula is C11H14N2O2S. The van der Waals surface area contributed by atoms with Gasteiger partial charge in [0.1, 0.15) is 12.7 Å². The molecule has 5 heteroatoms. The van der Waals surface area contributed by atoms with Crippen LogP contribution in [0.3, 0.4) is 0 Å². The molecule has 0 fully saturated rings. The van der Waals surface area contributed by atoms with Crippen molar-refractivity contribution in [3.05, 3.63) is 24.3 Å². The zero-order chi connectivity index (χ0) is 11.4. The quantitative estimate of drug-likeness (QED) is 0.750. The topological polar surface area (TPSA) is 42.5 Å². The lowest BCUT2D eigenvalue weighted by atomic mass is 10.2. The second-order valence-electron chi connectivity index (χ2n) is 3.46. The van der Waals surface area contributed by atoms with Crippen molar-refractivity contribution in [3.8, 4) is 11.5 Å². The highest BCUT2D eigenvalue weighted by atomic mass is 32.1. The van der Waals surface area contributed by atoms with E-state index in [1.165, 1.54) is 0 Å². The predicted molar refractivity (Wildman–Crippen MR) is 66.0 cm³/mol. The van der Waals surface area contributed by atoms with E-state index in [0.717, 1.165) is 11.5 Å². The molecule has 16 heavy (non-hydrogen) atoms. The number of fused-ring (bicyclic) bond motifs is 1. The fourth-order valence-corrected chi connectivity index (χ4v) is 1.54. The van der Waals surface area contributed by atoms with Crippen LogP contribution in [0.15, 0.2) is 24.3 Å². The number of thiocarbonyl (C=S) groups is 1. The Bertz CT molecular complexity index is 384. The van der Waals surface area contributed by atoms with E-state index in [-0.39, 0.29) is 6.10 Å². The highest BCUT2D eigenvalue weighted by Gasteiger charge is 2.20. The Kier molecular flexibility index (Phi) is 3.46. The van der Waals surface area contributed by atoms with Crippen molar-refractivity contribution in [2.24, 2.45) is 0 Å². The summed E-state index contributed by atoms with van der Waals surface area (Å²) in [5.41, 5.74) is 0. The molecule has 0 aliphatic carbocycles. The van der Waals surface area contributed by atoms with Crippen molar-refractivity contribution < 1.29 is 9.47 Å². The summed E-state index contributed by atoms with van der Waals surface area (Å²) in [6.45, 7) is 1.17. The molecule has 0 saturated heterocycles. The van der Waals surface area contributed by atoms with Gasteiger partial charge in [0.25, 0.3) is 0 Å². The molecule has 2 rings (SSSR count). The lowest BCUT2D eigenvalue weighted by Gasteiger charge is -2.26. The Hall–Kier alpha value is -1.49. The van der Waals surface area contributed by atoms with Crippen LogP contribution in [-0.4, -0.2) is 31.4 Å². The molecule has 1 heterocycles. The van der Waals surface area contributed by atoms with Gasteiger partial charge in [0, 0.05) is 7.05 Å².